The zero-order valence-electron chi connectivity index (χ0n) is 11.5. The van der Waals surface area contributed by atoms with Crippen LogP contribution in [-0.4, -0.2) is 71.0 Å². The average molecular weight is 279 g/mol. The first-order valence-electron chi connectivity index (χ1n) is 6.20. The SMILES string of the molecule is CCNC(=O)CS(=O)(=O)CCNCCCN(C)C. The molecular weight excluding hydrogens is 254 g/mol. The molecule has 0 rings (SSSR count). The number of amides is 1. The van der Waals surface area contributed by atoms with E-state index in [2.05, 4.69) is 15.5 Å². The van der Waals surface area contributed by atoms with E-state index in [1.54, 1.807) is 6.92 Å². The molecule has 2 N–H and O–H groups in total. The third-order valence-electron chi connectivity index (χ3n) is 2.27. The van der Waals surface area contributed by atoms with Gasteiger partial charge >= 0.3 is 0 Å². The van der Waals surface area contributed by atoms with Crippen LogP contribution in [0.15, 0.2) is 0 Å². The highest BCUT2D eigenvalue weighted by Gasteiger charge is 2.15. The number of sulfone groups is 1. The van der Waals surface area contributed by atoms with Gasteiger partial charge in [0, 0.05) is 13.1 Å². The first-order chi connectivity index (χ1) is 8.37. The van der Waals surface area contributed by atoms with Gasteiger partial charge in [0.2, 0.25) is 5.91 Å². The van der Waals surface area contributed by atoms with Gasteiger partial charge in [0.25, 0.3) is 0 Å². The smallest absolute Gasteiger partial charge is 0.235 e. The molecule has 6 nitrogen and oxygen atoms in total. The highest BCUT2D eigenvalue weighted by Crippen LogP contribution is 1.89. The molecular formula is C11H25N3O3S. The molecule has 0 aliphatic heterocycles. The summed E-state index contributed by atoms with van der Waals surface area (Å²) in [6.07, 6.45) is 0.976. The highest BCUT2D eigenvalue weighted by molar-refractivity contribution is 7.92. The van der Waals surface area contributed by atoms with Gasteiger partial charge in [-0.05, 0) is 40.5 Å². The number of carbonyl (C=O) groups is 1. The van der Waals surface area contributed by atoms with Crippen molar-refractivity contribution in [2.45, 2.75) is 13.3 Å². The van der Waals surface area contributed by atoms with Crippen molar-refractivity contribution in [1.29, 1.82) is 0 Å². The fourth-order valence-corrected chi connectivity index (χ4v) is 2.49. The lowest BCUT2D eigenvalue weighted by Crippen LogP contribution is -2.33. The van der Waals surface area contributed by atoms with Crippen molar-refractivity contribution in [2.24, 2.45) is 0 Å². The standard InChI is InChI=1S/C11H25N3O3S/c1-4-13-11(15)10-18(16,17)9-7-12-6-5-8-14(2)3/h12H,4-10H2,1-3H3,(H,13,15). The van der Waals surface area contributed by atoms with Gasteiger partial charge in [-0.2, -0.15) is 0 Å². The molecule has 0 aromatic carbocycles. The summed E-state index contributed by atoms with van der Waals surface area (Å²) in [4.78, 5) is 13.2. The van der Waals surface area contributed by atoms with Crippen molar-refractivity contribution in [2.75, 3.05) is 51.8 Å². The summed E-state index contributed by atoms with van der Waals surface area (Å²) in [6.45, 7) is 4.37. The van der Waals surface area contributed by atoms with E-state index in [9.17, 15) is 13.2 Å². The number of carbonyl (C=O) groups excluding carboxylic acids is 1. The van der Waals surface area contributed by atoms with Gasteiger partial charge in [0.05, 0.1) is 5.75 Å². The predicted octanol–water partition coefficient (Wildman–Crippen LogP) is -0.921. The minimum atomic E-state index is -3.29. The van der Waals surface area contributed by atoms with Crippen LogP contribution in [0.1, 0.15) is 13.3 Å². The lowest BCUT2D eigenvalue weighted by Gasteiger charge is -2.10. The maximum atomic E-state index is 11.5. The second-order valence-electron chi connectivity index (χ2n) is 4.45. The van der Waals surface area contributed by atoms with Crippen LogP contribution in [0, 0.1) is 0 Å². The van der Waals surface area contributed by atoms with Crippen LogP contribution in [0.5, 0.6) is 0 Å². The van der Waals surface area contributed by atoms with Crippen molar-refractivity contribution in [3.05, 3.63) is 0 Å². The molecule has 0 bridgehead atoms. The first kappa shape index (κ1) is 17.3. The highest BCUT2D eigenvalue weighted by atomic mass is 32.2. The number of hydrogen-bond donors (Lipinski definition) is 2. The van der Waals surface area contributed by atoms with Crippen LogP contribution in [-0.2, 0) is 14.6 Å². The molecule has 0 aliphatic rings. The van der Waals surface area contributed by atoms with Gasteiger partial charge in [-0.1, -0.05) is 0 Å². The lowest BCUT2D eigenvalue weighted by atomic mass is 10.4. The fraction of sp³-hybridized carbons (Fsp3) is 0.909. The second kappa shape index (κ2) is 9.29. The molecule has 0 aromatic rings. The van der Waals surface area contributed by atoms with Crippen molar-refractivity contribution in [1.82, 2.24) is 15.5 Å². The largest absolute Gasteiger partial charge is 0.356 e. The molecule has 18 heavy (non-hydrogen) atoms. The molecule has 0 atom stereocenters. The number of nitrogens with zero attached hydrogens (tertiary/aromatic N) is 1. The first-order valence-corrected chi connectivity index (χ1v) is 8.02. The maximum absolute atomic E-state index is 11.5. The zero-order valence-corrected chi connectivity index (χ0v) is 12.3. The Morgan fingerprint density at radius 3 is 2.44 bits per heavy atom. The van der Waals surface area contributed by atoms with Gasteiger partial charge in [-0.25, -0.2) is 8.42 Å². The molecule has 0 fully saturated rings. The molecule has 0 spiro atoms. The molecule has 0 saturated carbocycles. The summed E-state index contributed by atoms with van der Waals surface area (Å²) >= 11 is 0. The summed E-state index contributed by atoms with van der Waals surface area (Å²) in [5.41, 5.74) is 0. The predicted molar refractivity (Wildman–Crippen MR) is 73.4 cm³/mol. The molecule has 7 heteroatoms. The van der Waals surface area contributed by atoms with Gasteiger partial charge < -0.3 is 15.5 Å². The lowest BCUT2D eigenvalue weighted by molar-refractivity contribution is -0.118. The van der Waals surface area contributed by atoms with Crippen molar-refractivity contribution >= 4 is 15.7 Å². The van der Waals surface area contributed by atoms with Crippen molar-refractivity contribution < 1.29 is 13.2 Å². The molecule has 0 saturated heterocycles. The Bertz CT molecular complexity index is 328. The Balaban J connectivity index is 3.68. The third-order valence-corrected chi connectivity index (χ3v) is 3.80. The van der Waals surface area contributed by atoms with Crippen LogP contribution in [0.4, 0.5) is 0 Å². The Hall–Kier alpha value is -0.660. The van der Waals surface area contributed by atoms with Crippen LogP contribution >= 0.6 is 0 Å². The summed E-state index contributed by atoms with van der Waals surface area (Å²) in [6, 6.07) is 0. The molecule has 1 amide bonds. The third kappa shape index (κ3) is 10.5. The number of hydrogen-bond acceptors (Lipinski definition) is 5. The Kier molecular flexibility index (Phi) is 8.95. The summed E-state index contributed by atoms with van der Waals surface area (Å²) in [7, 11) is 0.702. The molecule has 108 valence electrons. The Morgan fingerprint density at radius 2 is 1.89 bits per heavy atom. The van der Waals surface area contributed by atoms with Crippen LogP contribution in [0.25, 0.3) is 0 Å². The molecule has 0 heterocycles. The minimum absolute atomic E-state index is 0.00605. The van der Waals surface area contributed by atoms with E-state index in [1.807, 2.05) is 14.1 Å². The van der Waals surface area contributed by atoms with E-state index < -0.39 is 21.5 Å². The van der Waals surface area contributed by atoms with E-state index >= 15 is 0 Å². The summed E-state index contributed by atoms with van der Waals surface area (Å²) in [5.74, 6) is -0.836. The fourth-order valence-electron chi connectivity index (χ4n) is 1.39. The maximum Gasteiger partial charge on any atom is 0.235 e. The van der Waals surface area contributed by atoms with E-state index in [1.165, 1.54) is 0 Å². The normalized spacial score (nSPS) is 11.8. The Labute approximate surface area is 110 Å². The monoisotopic (exact) mass is 279 g/mol. The van der Waals surface area contributed by atoms with Crippen LogP contribution in [0.2, 0.25) is 0 Å². The van der Waals surface area contributed by atoms with Gasteiger partial charge in [0.15, 0.2) is 9.84 Å². The Morgan fingerprint density at radius 1 is 1.22 bits per heavy atom. The van der Waals surface area contributed by atoms with Crippen LogP contribution in [0.3, 0.4) is 0 Å². The van der Waals surface area contributed by atoms with Crippen LogP contribution < -0.4 is 10.6 Å². The molecule has 0 unspecified atom stereocenters. The second-order valence-corrected chi connectivity index (χ2v) is 6.64. The topological polar surface area (TPSA) is 78.5 Å². The van der Waals surface area contributed by atoms with Crippen molar-refractivity contribution in [3.8, 4) is 0 Å². The molecule has 0 aliphatic carbocycles. The average Bonchev–Trinajstić information content (AvgIpc) is 2.22. The van der Waals surface area contributed by atoms with Crippen molar-refractivity contribution in [3.63, 3.8) is 0 Å². The molecule has 0 aromatic heterocycles. The minimum Gasteiger partial charge on any atom is -0.356 e. The zero-order chi connectivity index (χ0) is 14.0. The summed E-state index contributed by atoms with van der Waals surface area (Å²) < 4.78 is 23.1. The number of nitrogens with one attached hydrogen (secondary N) is 2. The van der Waals surface area contributed by atoms with E-state index in [0.29, 0.717) is 13.1 Å². The van der Waals surface area contributed by atoms with E-state index in [-0.39, 0.29) is 5.75 Å². The van der Waals surface area contributed by atoms with E-state index in [0.717, 1.165) is 19.5 Å². The van der Waals surface area contributed by atoms with Gasteiger partial charge in [-0.15, -0.1) is 0 Å². The summed E-state index contributed by atoms with van der Waals surface area (Å²) in [5, 5.41) is 5.55. The number of rotatable bonds is 10. The van der Waals surface area contributed by atoms with E-state index in [4.69, 9.17) is 0 Å². The molecule has 0 radical (unpaired) electrons. The quantitative estimate of drug-likeness (QED) is 0.506. The van der Waals surface area contributed by atoms with Gasteiger partial charge in [-0.3, -0.25) is 4.79 Å². The van der Waals surface area contributed by atoms with Gasteiger partial charge in [0.1, 0.15) is 5.75 Å².